The number of carbonyl (C=O) groups is 1. The van der Waals surface area contributed by atoms with E-state index in [4.69, 9.17) is 9.72 Å². The van der Waals surface area contributed by atoms with Gasteiger partial charge in [0.15, 0.2) is 0 Å². The topological polar surface area (TPSA) is 67.3 Å². The highest BCUT2D eigenvalue weighted by Crippen LogP contribution is 2.23. The van der Waals surface area contributed by atoms with Crippen LogP contribution >= 0.6 is 0 Å². The molecule has 1 aromatic carbocycles. The number of nitrogens with one attached hydrogen (secondary N) is 1. The van der Waals surface area contributed by atoms with Gasteiger partial charge in [-0.2, -0.15) is 0 Å². The highest BCUT2D eigenvalue weighted by molar-refractivity contribution is 5.94. The van der Waals surface area contributed by atoms with Crippen molar-refractivity contribution in [1.82, 2.24) is 20.2 Å². The van der Waals surface area contributed by atoms with Crippen LogP contribution in [0.4, 0.5) is 0 Å². The molecule has 1 saturated heterocycles. The van der Waals surface area contributed by atoms with Gasteiger partial charge in [0.2, 0.25) is 0 Å². The quantitative estimate of drug-likeness (QED) is 0.879. The Morgan fingerprint density at radius 3 is 2.93 bits per heavy atom. The first-order chi connectivity index (χ1) is 13.2. The van der Waals surface area contributed by atoms with Gasteiger partial charge < -0.3 is 15.0 Å². The third kappa shape index (κ3) is 4.01. The SMILES string of the molecule is CCOCc1ccc(C(=O)N2CCc3nc(C4CCNC4)ncc3C2)cc1. The Bertz CT molecular complexity index is 800. The van der Waals surface area contributed by atoms with Gasteiger partial charge in [0.1, 0.15) is 5.82 Å². The summed E-state index contributed by atoms with van der Waals surface area (Å²) < 4.78 is 5.41. The molecular weight excluding hydrogens is 340 g/mol. The second-order valence-corrected chi connectivity index (χ2v) is 7.20. The zero-order valence-corrected chi connectivity index (χ0v) is 15.8. The molecule has 0 radical (unpaired) electrons. The van der Waals surface area contributed by atoms with Gasteiger partial charge in [-0.15, -0.1) is 0 Å². The average molecular weight is 366 g/mol. The summed E-state index contributed by atoms with van der Waals surface area (Å²) in [6.45, 7) is 6.53. The van der Waals surface area contributed by atoms with Crippen molar-refractivity contribution < 1.29 is 9.53 Å². The first-order valence-corrected chi connectivity index (χ1v) is 9.76. The van der Waals surface area contributed by atoms with E-state index in [1.54, 1.807) is 0 Å². The van der Waals surface area contributed by atoms with Crippen molar-refractivity contribution in [3.05, 3.63) is 58.7 Å². The van der Waals surface area contributed by atoms with Crippen molar-refractivity contribution in [1.29, 1.82) is 0 Å². The van der Waals surface area contributed by atoms with E-state index in [9.17, 15) is 4.79 Å². The number of amides is 1. The second-order valence-electron chi connectivity index (χ2n) is 7.20. The largest absolute Gasteiger partial charge is 0.377 e. The Balaban J connectivity index is 1.43. The lowest BCUT2D eigenvalue weighted by molar-refractivity contribution is 0.0733. The van der Waals surface area contributed by atoms with Gasteiger partial charge in [-0.25, -0.2) is 9.97 Å². The smallest absolute Gasteiger partial charge is 0.254 e. The molecule has 0 bridgehead atoms. The van der Waals surface area contributed by atoms with Crippen LogP contribution in [-0.4, -0.2) is 47.0 Å². The van der Waals surface area contributed by atoms with Gasteiger partial charge in [-0.05, 0) is 37.6 Å². The summed E-state index contributed by atoms with van der Waals surface area (Å²) in [5.41, 5.74) is 3.97. The van der Waals surface area contributed by atoms with Gasteiger partial charge in [0, 0.05) is 55.9 Å². The van der Waals surface area contributed by atoms with E-state index in [1.807, 2.05) is 42.3 Å². The number of rotatable bonds is 5. The summed E-state index contributed by atoms with van der Waals surface area (Å²) in [5.74, 6) is 1.43. The summed E-state index contributed by atoms with van der Waals surface area (Å²) >= 11 is 0. The monoisotopic (exact) mass is 366 g/mol. The third-order valence-corrected chi connectivity index (χ3v) is 5.34. The van der Waals surface area contributed by atoms with Crippen LogP contribution in [0, 0.1) is 0 Å². The summed E-state index contributed by atoms with van der Waals surface area (Å²) in [6.07, 6.45) is 3.81. The molecule has 0 saturated carbocycles. The number of nitrogens with zero attached hydrogens (tertiary/aromatic N) is 3. The van der Waals surface area contributed by atoms with E-state index >= 15 is 0 Å². The lowest BCUT2D eigenvalue weighted by Crippen LogP contribution is -2.36. The fourth-order valence-electron chi connectivity index (χ4n) is 3.72. The molecule has 1 fully saturated rings. The molecule has 3 heterocycles. The number of ether oxygens (including phenoxy) is 1. The van der Waals surface area contributed by atoms with Gasteiger partial charge in [0.05, 0.1) is 12.3 Å². The molecule has 4 rings (SSSR count). The molecule has 6 nitrogen and oxygen atoms in total. The molecule has 0 aliphatic carbocycles. The first-order valence-electron chi connectivity index (χ1n) is 9.76. The maximum Gasteiger partial charge on any atom is 0.254 e. The molecule has 6 heteroatoms. The Labute approximate surface area is 160 Å². The van der Waals surface area contributed by atoms with Gasteiger partial charge in [0.25, 0.3) is 5.91 Å². The molecule has 2 aliphatic heterocycles. The minimum atomic E-state index is 0.0627. The van der Waals surface area contributed by atoms with Gasteiger partial charge in [-0.1, -0.05) is 12.1 Å². The molecule has 0 spiro atoms. The predicted molar refractivity (Wildman–Crippen MR) is 102 cm³/mol. The molecule has 142 valence electrons. The lowest BCUT2D eigenvalue weighted by Gasteiger charge is -2.28. The van der Waals surface area contributed by atoms with Crippen molar-refractivity contribution in [2.45, 2.75) is 38.8 Å². The Kier molecular flexibility index (Phi) is 5.45. The number of benzene rings is 1. The standard InChI is InChI=1S/C21H26N4O2/c1-2-27-14-15-3-5-16(6-4-15)21(26)25-10-8-19-18(13-25)12-23-20(24-19)17-7-9-22-11-17/h3-6,12,17,22H,2,7-11,13-14H2,1H3. The van der Waals surface area contributed by atoms with Crippen LogP contribution in [-0.2, 0) is 24.3 Å². The molecule has 1 atom stereocenters. The number of carbonyl (C=O) groups excluding carboxylic acids is 1. The number of fused-ring (bicyclic) bond motifs is 1. The predicted octanol–water partition coefficient (Wildman–Crippen LogP) is 2.29. The van der Waals surface area contributed by atoms with Crippen molar-refractivity contribution >= 4 is 5.91 Å². The Morgan fingerprint density at radius 1 is 1.33 bits per heavy atom. The van der Waals surface area contributed by atoms with Crippen LogP contribution in [0.25, 0.3) is 0 Å². The van der Waals surface area contributed by atoms with Gasteiger partial charge in [-0.3, -0.25) is 4.79 Å². The molecule has 1 aromatic heterocycles. The maximum absolute atomic E-state index is 12.9. The van der Waals surface area contributed by atoms with E-state index in [0.717, 1.165) is 48.6 Å². The second kappa shape index (κ2) is 8.15. The van der Waals surface area contributed by atoms with Crippen molar-refractivity contribution in [3.63, 3.8) is 0 Å². The highest BCUT2D eigenvalue weighted by atomic mass is 16.5. The van der Waals surface area contributed by atoms with Crippen molar-refractivity contribution in [3.8, 4) is 0 Å². The normalized spacial score (nSPS) is 19.1. The summed E-state index contributed by atoms with van der Waals surface area (Å²) in [5, 5.41) is 3.37. The van der Waals surface area contributed by atoms with E-state index in [2.05, 4.69) is 10.3 Å². The Hall–Kier alpha value is -2.31. The minimum absolute atomic E-state index is 0.0627. The molecule has 2 aromatic rings. The molecule has 2 aliphatic rings. The number of hydrogen-bond acceptors (Lipinski definition) is 5. The van der Waals surface area contributed by atoms with E-state index < -0.39 is 0 Å². The van der Waals surface area contributed by atoms with Crippen LogP contribution in [0.1, 0.15) is 52.3 Å². The van der Waals surface area contributed by atoms with E-state index in [1.165, 1.54) is 0 Å². The van der Waals surface area contributed by atoms with E-state index in [0.29, 0.717) is 37.8 Å². The molecular formula is C21H26N4O2. The zero-order chi connectivity index (χ0) is 18.6. The van der Waals surface area contributed by atoms with Crippen molar-refractivity contribution in [2.75, 3.05) is 26.2 Å². The van der Waals surface area contributed by atoms with Crippen LogP contribution in [0.15, 0.2) is 30.5 Å². The maximum atomic E-state index is 12.9. The number of hydrogen-bond donors (Lipinski definition) is 1. The van der Waals surface area contributed by atoms with Crippen LogP contribution in [0.2, 0.25) is 0 Å². The average Bonchev–Trinajstić information content (AvgIpc) is 3.26. The molecule has 27 heavy (non-hydrogen) atoms. The van der Waals surface area contributed by atoms with Crippen LogP contribution < -0.4 is 5.32 Å². The lowest BCUT2D eigenvalue weighted by atomic mass is 10.0. The Morgan fingerprint density at radius 2 is 2.19 bits per heavy atom. The van der Waals surface area contributed by atoms with Crippen LogP contribution in [0.5, 0.6) is 0 Å². The fourth-order valence-corrected chi connectivity index (χ4v) is 3.72. The summed E-state index contributed by atoms with van der Waals surface area (Å²) in [4.78, 5) is 24.1. The summed E-state index contributed by atoms with van der Waals surface area (Å²) in [6, 6.07) is 7.70. The molecule has 1 amide bonds. The van der Waals surface area contributed by atoms with E-state index in [-0.39, 0.29) is 5.91 Å². The fraction of sp³-hybridized carbons (Fsp3) is 0.476. The molecule has 1 unspecified atom stereocenters. The molecule has 1 N–H and O–H groups in total. The van der Waals surface area contributed by atoms with Crippen molar-refractivity contribution in [2.24, 2.45) is 0 Å². The zero-order valence-electron chi connectivity index (χ0n) is 15.8. The van der Waals surface area contributed by atoms with Gasteiger partial charge >= 0.3 is 0 Å². The summed E-state index contributed by atoms with van der Waals surface area (Å²) in [7, 11) is 0. The third-order valence-electron chi connectivity index (χ3n) is 5.34. The highest BCUT2D eigenvalue weighted by Gasteiger charge is 2.25. The number of aromatic nitrogens is 2. The first kappa shape index (κ1) is 18.1. The minimum Gasteiger partial charge on any atom is -0.377 e. The van der Waals surface area contributed by atoms with Crippen LogP contribution in [0.3, 0.4) is 0 Å².